The number of benzene rings is 1. The third kappa shape index (κ3) is 2.83. The Morgan fingerprint density at radius 2 is 2.10 bits per heavy atom. The van der Waals surface area contributed by atoms with Crippen molar-refractivity contribution in [2.45, 2.75) is 38.1 Å². The quantitative estimate of drug-likeness (QED) is 0.909. The second kappa shape index (κ2) is 5.78. The number of nitrogens with one attached hydrogen (secondary N) is 1. The van der Waals surface area contributed by atoms with Gasteiger partial charge in [0, 0.05) is 10.8 Å². The van der Waals surface area contributed by atoms with Gasteiger partial charge in [0.2, 0.25) is 0 Å². The van der Waals surface area contributed by atoms with Crippen molar-refractivity contribution >= 4 is 28.2 Å². The van der Waals surface area contributed by atoms with Gasteiger partial charge in [-0.3, -0.25) is 0 Å². The van der Waals surface area contributed by atoms with Crippen molar-refractivity contribution in [3.63, 3.8) is 0 Å². The SMILES string of the molecule is CC1CCCC(CO)(Nc2nnc(Cl)c3ccccc23)C1. The van der Waals surface area contributed by atoms with Gasteiger partial charge in [0.1, 0.15) is 0 Å². The number of halogens is 1. The molecule has 112 valence electrons. The van der Waals surface area contributed by atoms with Gasteiger partial charge in [-0.2, -0.15) is 0 Å². The fraction of sp³-hybridized carbons (Fsp3) is 0.500. The Kier molecular flexibility index (Phi) is 4.00. The van der Waals surface area contributed by atoms with Crippen molar-refractivity contribution in [2.24, 2.45) is 5.92 Å². The van der Waals surface area contributed by atoms with Crippen LogP contribution in [-0.2, 0) is 0 Å². The topological polar surface area (TPSA) is 58.0 Å². The minimum atomic E-state index is -0.303. The molecule has 5 heteroatoms. The van der Waals surface area contributed by atoms with Crippen LogP contribution in [0.2, 0.25) is 5.15 Å². The van der Waals surface area contributed by atoms with E-state index in [4.69, 9.17) is 11.6 Å². The number of rotatable bonds is 3. The number of hydrogen-bond acceptors (Lipinski definition) is 4. The molecule has 1 aromatic carbocycles. The summed E-state index contributed by atoms with van der Waals surface area (Å²) < 4.78 is 0. The van der Waals surface area contributed by atoms with Crippen LogP contribution in [0.4, 0.5) is 5.82 Å². The molecule has 1 heterocycles. The maximum Gasteiger partial charge on any atom is 0.159 e. The Bertz CT molecular complexity index is 648. The number of aromatic nitrogens is 2. The van der Waals surface area contributed by atoms with Gasteiger partial charge in [0.15, 0.2) is 11.0 Å². The standard InChI is InChI=1S/C16H20ClN3O/c1-11-5-4-8-16(9-11,10-21)18-15-13-7-3-2-6-12(13)14(17)19-20-15/h2-3,6-7,11,21H,4-5,8-10H2,1H3,(H,18,20). The van der Waals surface area contributed by atoms with Crippen molar-refractivity contribution in [3.8, 4) is 0 Å². The fourth-order valence-corrected chi connectivity index (χ4v) is 3.57. The smallest absolute Gasteiger partial charge is 0.159 e. The van der Waals surface area contributed by atoms with Crippen LogP contribution in [-0.4, -0.2) is 27.4 Å². The average molecular weight is 306 g/mol. The molecule has 1 fully saturated rings. The number of aliphatic hydroxyl groups is 1. The first-order chi connectivity index (χ1) is 10.1. The third-order valence-electron chi connectivity index (χ3n) is 4.42. The van der Waals surface area contributed by atoms with E-state index >= 15 is 0 Å². The summed E-state index contributed by atoms with van der Waals surface area (Å²) in [5.41, 5.74) is -0.303. The zero-order valence-corrected chi connectivity index (χ0v) is 12.9. The summed E-state index contributed by atoms with van der Waals surface area (Å²) in [7, 11) is 0. The maximum atomic E-state index is 9.91. The largest absolute Gasteiger partial charge is 0.394 e. The first kappa shape index (κ1) is 14.5. The second-order valence-electron chi connectivity index (χ2n) is 6.15. The fourth-order valence-electron chi connectivity index (χ4n) is 3.37. The minimum Gasteiger partial charge on any atom is -0.394 e. The predicted octanol–water partition coefficient (Wildman–Crippen LogP) is 3.64. The molecule has 1 saturated carbocycles. The Hall–Kier alpha value is -1.39. The van der Waals surface area contributed by atoms with E-state index in [2.05, 4.69) is 22.4 Å². The third-order valence-corrected chi connectivity index (χ3v) is 4.70. The predicted molar refractivity (Wildman–Crippen MR) is 85.6 cm³/mol. The summed E-state index contributed by atoms with van der Waals surface area (Å²) in [4.78, 5) is 0. The lowest BCUT2D eigenvalue weighted by Crippen LogP contribution is -2.46. The molecule has 2 N–H and O–H groups in total. The van der Waals surface area contributed by atoms with Gasteiger partial charge < -0.3 is 10.4 Å². The van der Waals surface area contributed by atoms with Crippen molar-refractivity contribution in [3.05, 3.63) is 29.4 Å². The Morgan fingerprint density at radius 3 is 2.81 bits per heavy atom. The molecule has 2 atom stereocenters. The highest BCUT2D eigenvalue weighted by atomic mass is 35.5. The van der Waals surface area contributed by atoms with Crippen LogP contribution in [0, 0.1) is 5.92 Å². The second-order valence-corrected chi connectivity index (χ2v) is 6.51. The molecule has 0 aliphatic heterocycles. The molecule has 0 saturated heterocycles. The molecule has 1 aromatic heterocycles. The van der Waals surface area contributed by atoms with E-state index in [0.29, 0.717) is 16.9 Å². The van der Waals surface area contributed by atoms with Gasteiger partial charge in [-0.1, -0.05) is 55.6 Å². The van der Waals surface area contributed by atoms with Crippen LogP contribution in [0.5, 0.6) is 0 Å². The molecule has 1 aliphatic carbocycles. The van der Waals surface area contributed by atoms with Crippen LogP contribution in [0.3, 0.4) is 0 Å². The average Bonchev–Trinajstić information content (AvgIpc) is 2.50. The molecule has 1 aliphatic rings. The number of nitrogens with zero attached hydrogens (tertiary/aromatic N) is 2. The normalized spacial score (nSPS) is 26.0. The molecular formula is C16H20ClN3O. The Balaban J connectivity index is 1.99. The van der Waals surface area contributed by atoms with Crippen molar-refractivity contribution < 1.29 is 5.11 Å². The van der Waals surface area contributed by atoms with Gasteiger partial charge in [0.05, 0.1) is 12.1 Å². The van der Waals surface area contributed by atoms with Gasteiger partial charge in [-0.15, -0.1) is 10.2 Å². The molecule has 0 amide bonds. The molecule has 21 heavy (non-hydrogen) atoms. The lowest BCUT2D eigenvalue weighted by Gasteiger charge is -2.39. The van der Waals surface area contributed by atoms with E-state index in [1.54, 1.807) is 0 Å². The van der Waals surface area contributed by atoms with Gasteiger partial charge in [-0.05, 0) is 18.8 Å². The first-order valence-electron chi connectivity index (χ1n) is 7.43. The molecule has 4 nitrogen and oxygen atoms in total. The van der Waals surface area contributed by atoms with Crippen molar-refractivity contribution in [1.82, 2.24) is 10.2 Å². The van der Waals surface area contributed by atoms with Crippen molar-refractivity contribution in [2.75, 3.05) is 11.9 Å². The molecule has 2 aromatic rings. The summed E-state index contributed by atoms with van der Waals surface area (Å²) in [6.45, 7) is 2.34. The van der Waals surface area contributed by atoms with Crippen LogP contribution in [0.1, 0.15) is 32.6 Å². The summed E-state index contributed by atoms with van der Waals surface area (Å²) in [5.74, 6) is 1.31. The molecule has 3 rings (SSSR count). The van der Waals surface area contributed by atoms with Gasteiger partial charge in [0.25, 0.3) is 0 Å². The molecule has 0 spiro atoms. The van der Waals surface area contributed by atoms with Crippen molar-refractivity contribution in [1.29, 1.82) is 0 Å². The lowest BCUT2D eigenvalue weighted by atomic mass is 9.77. The Morgan fingerprint density at radius 1 is 1.33 bits per heavy atom. The Labute approximate surface area is 129 Å². The van der Waals surface area contributed by atoms with E-state index in [1.165, 1.54) is 6.42 Å². The zero-order chi connectivity index (χ0) is 14.9. The van der Waals surface area contributed by atoms with E-state index in [9.17, 15) is 5.11 Å². The number of fused-ring (bicyclic) bond motifs is 1. The van der Waals surface area contributed by atoms with Crippen LogP contribution < -0.4 is 5.32 Å². The van der Waals surface area contributed by atoms with Crippen LogP contribution in [0.15, 0.2) is 24.3 Å². The molecular weight excluding hydrogens is 286 g/mol. The lowest BCUT2D eigenvalue weighted by molar-refractivity contribution is 0.149. The van der Waals surface area contributed by atoms with E-state index in [1.807, 2.05) is 24.3 Å². The van der Waals surface area contributed by atoms with Crippen LogP contribution >= 0.6 is 11.6 Å². The highest BCUT2D eigenvalue weighted by molar-refractivity contribution is 6.34. The summed E-state index contributed by atoms with van der Waals surface area (Å²) in [5, 5.41) is 23.9. The van der Waals surface area contributed by atoms with Gasteiger partial charge in [-0.25, -0.2) is 0 Å². The summed E-state index contributed by atoms with van der Waals surface area (Å²) in [6, 6.07) is 7.81. The molecule has 2 unspecified atom stereocenters. The monoisotopic (exact) mass is 305 g/mol. The van der Waals surface area contributed by atoms with E-state index in [-0.39, 0.29) is 12.1 Å². The van der Waals surface area contributed by atoms with E-state index in [0.717, 1.165) is 30.0 Å². The number of aliphatic hydroxyl groups excluding tert-OH is 1. The summed E-state index contributed by atoms with van der Waals surface area (Å²) in [6.07, 6.45) is 4.23. The van der Waals surface area contributed by atoms with Crippen LogP contribution in [0.25, 0.3) is 10.8 Å². The zero-order valence-electron chi connectivity index (χ0n) is 12.1. The molecule has 0 radical (unpaired) electrons. The summed E-state index contributed by atoms with van der Waals surface area (Å²) >= 11 is 6.11. The maximum absolute atomic E-state index is 9.91. The molecule has 0 bridgehead atoms. The number of hydrogen-bond donors (Lipinski definition) is 2. The van der Waals surface area contributed by atoms with Gasteiger partial charge >= 0.3 is 0 Å². The highest BCUT2D eigenvalue weighted by Gasteiger charge is 2.35. The number of anilines is 1. The first-order valence-corrected chi connectivity index (χ1v) is 7.81. The highest BCUT2D eigenvalue weighted by Crippen LogP contribution is 2.36. The van der Waals surface area contributed by atoms with E-state index < -0.39 is 0 Å². The minimum absolute atomic E-state index is 0.107.